The van der Waals surface area contributed by atoms with E-state index in [2.05, 4.69) is 9.88 Å². The third kappa shape index (κ3) is 3.62. The van der Waals surface area contributed by atoms with Gasteiger partial charge in [-0.05, 0) is 42.8 Å². The number of thiophene rings is 1. The molecule has 5 heterocycles. The van der Waals surface area contributed by atoms with Crippen LogP contribution in [-0.2, 0) is 13.0 Å². The number of amides is 1. The molecule has 6 nitrogen and oxygen atoms in total. The van der Waals surface area contributed by atoms with E-state index in [1.165, 1.54) is 30.6 Å². The van der Waals surface area contributed by atoms with Gasteiger partial charge < -0.3 is 9.80 Å². The normalized spacial score (nSPS) is 16.6. The van der Waals surface area contributed by atoms with Crippen molar-refractivity contribution in [3.63, 3.8) is 0 Å². The molecule has 1 saturated heterocycles. The molecule has 148 valence electrons. The predicted molar refractivity (Wildman–Crippen MR) is 114 cm³/mol. The fourth-order valence-corrected chi connectivity index (χ4v) is 4.79. The molecule has 0 atom stereocenters. The van der Waals surface area contributed by atoms with E-state index in [0.29, 0.717) is 18.9 Å². The van der Waals surface area contributed by atoms with Crippen LogP contribution in [0.2, 0.25) is 0 Å². The fraction of sp³-hybridized carbons (Fsp3) is 0.364. The zero-order valence-electron chi connectivity index (χ0n) is 16.3. The van der Waals surface area contributed by atoms with Gasteiger partial charge in [0.25, 0.3) is 5.91 Å². The number of rotatable bonds is 3. The highest BCUT2D eigenvalue weighted by Crippen LogP contribution is 2.31. The van der Waals surface area contributed by atoms with E-state index in [9.17, 15) is 4.79 Å². The summed E-state index contributed by atoms with van der Waals surface area (Å²) in [5.74, 6) is 1.77. The molecule has 1 fully saturated rings. The molecular weight excluding hydrogens is 382 g/mol. The summed E-state index contributed by atoms with van der Waals surface area (Å²) < 4.78 is 0. The van der Waals surface area contributed by atoms with Gasteiger partial charge in [0, 0.05) is 37.8 Å². The van der Waals surface area contributed by atoms with Gasteiger partial charge in [0.15, 0.2) is 5.82 Å². The number of anilines is 1. The Bertz CT molecular complexity index is 1000. The molecule has 0 aromatic carbocycles. The van der Waals surface area contributed by atoms with Crippen LogP contribution in [0.15, 0.2) is 41.9 Å². The number of hydrogen-bond donors (Lipinski definition) is 0. The first-order valence-corrected chi connectivity index (χ1v) is 11.1. The molecule has 29 heavy (non-hydrogen) atoms. The molecule has 0 radical (unpaired) electrons. The first-order chi connectivity index (χ1) is 14.3. The Balaban J connectivity index is 1.54. The average molecular weight is 406 g/mol. The van der Waals surface area contributed by atoms with E-state index in [0.717, 1.165) is 47.2 Å². The molecule has 1 amide bonds. The molecule has 2 aliphatic rings. The molecule has 2 aliphatic heterocycles. The minimum absolute atomic E-state index is 0.101. The quantitative estimate of drug-likeness (QED) is 0.663. The van der Waals surface area contributed by atoms with E-state index >= 15 is 0 Å². The van der Waals surface area contributed by atoms with Crippen molar-refractivity contribution in [1.82, 2.24) is 19.9 Å². The highest BCUT2D eigenvalue weighted by Gasteiger charge is 2.29. The lowest BCUT2D eigenvalue weighted by atomic mass is 10.0. The zero-order chi connectivity index (χ0) is 19.6. The molecule has 0 bridgehead atoms. The average Bonchev–Trinajstić information content (AvgIpc) is 3.34. The van der Waals surface area contributed by atoms with Crippen LogP contribution in [0.3, 0.4) is 0 Å². The number of nitrogens with zero attached hydrogens (tertiary/aromatic N) is 5. The van der Waals surface area contributed by atoms with Crippen molar-refractivity contribution in [2.24, 2.45) is 0 Å². The summed E-state index contributed by atoms with van der Waals surface area (Å²) in [5, 5.41) is 1.95. The molecule has 0 aliphatic carbocycles. The van der Waals surface area contributed by atoms with Gasteiger partial charge in [0.05, 0.1) is 17.1 Å². The Kier molecular flexibility index (Phi) is 4.97. The lowest BCUT2D eigenvalue weighted by Gasteiger charge is -2.34. The molecular formula is C22H23N5OS. The second-order valence-electron chi connectivity index (χ2n) is 7.51. The first kappa shape index (κ1) is 18.2. The third-order valence-electron chi connectivity index (χ3n) is 5.61. The van der Waals surface area contributed by atoms with E-state index in [-0.39, 0.29) is 5.91 Å². The van der Waals surface area contributed by atoms with Gasteiger partial charge in [-0.25, -0.2) is 9.97 Å². The number of carbonyl (C=O) groups excluding carboxylic acids is 1. The summed E-state index contributed by atoms with van der Waals surface area (Å²) >= 11 is 1.50. The Morgan fingerprint density at radius 3 is 2.66 bits per heavy atom. The van der Waals surface area contributed by atoms with E-state index in [1.54, 1.807) is 6.20 Å². The summed E-state index contributed by atoms with van der Waals surface area (Å²) in [6, 6.07) is 9.65. The SMILES string of the molecule is O=C(c1cccs1)N1CCc2nc(-c3ccccn3)nc(N3CCCCC3)c2C1. The zero-order valence-corrected chi connectivity index (χ0v) is 17.1. The van der Waals surface area contributed by atoms with Crippen LogP contribution in [0.25, 0.3) is 11.5 Å². The molecule has 0 spiro atoms. The van der Waals surface area contributed by atoms with Crippen molar-refractivity contribution in [1.29, 1.82) is 0 Å². The molecule has 3 aromatic heterocycles. The first-order valence-electron chi connectivity index (χ1n) is 10.2. The Labute approximate surface area is 174 Å². The molecule has 0 saturated carbocycles. The Morgan fingerprint density at radius 2 is 1.90 bits per heavy atom. The lowest BCUT2D eigenvalue weighted by molar-refractivity contribution is 0.0738. The molecule has 3 aromatic rings. The van der Waals surface area contributed by atoms with Crippen LogP contribution in [0.5, 0.6) is 0 Å². The maximum atomic E-state index is 12.9. The topological polar surface area (TPSA) is 62.2 Å². The van der Waals surface area contributed by atoms with Crippen LogP contribution in [-0.4, -0.2) is 45.4 Å². The molecule has 0 N–H and O–H groups in total. The summed E-state index contributed by atoms with van der Waals surface area (Å²) in [7, 11) is 0. The van der Waals surface area contributed by atoms with Crippen molar-refractivity contribution >= 4 is 23.1 Å². The van der Waals surface area contributed by atoms with Crippen LogP contribution >= 0.6 is 11.3 Å². The number of aromatic nitrogens is 3. The van der Waals surface area contributed by atoms with Crippen molar-refractivity contribution in [2.45, 2.75) is 32.2 Å². The number of hydrogen-bond acceptors (Lipinski definition) is 6. The van der Waals surface area contributed by atoms with Crippen LogP contribution in [0, 0.1) is 0 Å². The van der Waals surface area contributed by atoms with Gasteiger partial charge in [-0.15, -0.1) is 11.3 Å². The summed E-state index contributed by atoms with van der Waals surface area (Å²) in [6.45, 7) is 3.26. The number of carbonyl (C=O) groups is 1. The maximum Gasteiger partial charge on any atom is 0.264 e. The van der Waals surface area contributed by atoms with Crippen molar-refractivity contribution in [2.75, 3.05) is 24.5 Å². The van der Waals surface area contributed by atoms with Gasteiger partial charge in [0.2, 0.25) is 0 Å². The summed E-state index contributed by atoms with van der Waals surface area (Å²) in [5.41, 5.74) is 2.95. The number of pyridine rings is 1. The van der Waals surface area contributed by atoms with Crippen molar-refractivity contribution in [3.8, 4) is 11.5 Å². The summed E-state index contributed by atoms with van der Waals surface area (Å²) in [4.78, 5) is 32.3. The highest BCUT2D eigenvalue weighted by molar-refractivity contribution is 7.12. The van der Waals surface area contributed by atoms with Gasteiger partial charge in [-0.3, -0.25) is 9.78 Å². The molecule has 7 heteroatoms. The minimum atomic E-state index is 0.101. The highest BCUT2D eigenvalue weighted by atomic mass is 32.1. The standard InChI is InChI=1S/C22H23N5OS/c28-22(19-8-6-14-29-19)27-13-9-17-16(15-27)21(26-11-4-1-5-12-26)25-20(24-17)18-7-2-3-10-23-18/h2-3,6-8,10,14H,1,4-5,9,11-13,15H2. The van der Waals surface area contributed by atoms with E-state index in [4.69, 9.17) is 9.97 Å². The lowest BCUT2D eigenvalue weighted by Crippen LogP contribution is -2.39. The third-order valence-corrected chi connectivity index (χ3v) is 6.47. The monoisotopic (exact) mass is 405 g/mol. The second-order valence-corrected chi connectivity index (χ2v) is 8.46. The number of piperidine rings is 1. The van der Waals surface area contributed by atoms with Crippen molar-refractivity contribution in [3.05, 3.63) is 58.0 Å². The predicted octanol–water partition coefficient (Wildman–Crippen LogP) is 3.79. The second kappa shape index (κ2) is 7.91. The van der Waals surface area contributed by atoms with Gasteiger partial charge >= 0.3 is 0 Å². The fourth-order valence-electron chi connectivity index (χ4n) is 4.10. The van der Waals surface area contributed by atoms with Gasteiger partial charge in [0.1, 0.15) is 11.5 Å². The number of fused-ring (bicyclic) bond motifs is 1. The Hall–Kier alpha value is -2.80. The van der Waals surface area contributed by atoms with Gasteiger partial charge in [-0.1, -0.05) is 12.1 Å². The van der Waals surface area contributed by atoms with Crippen LogP contribution < -0.4 is 4.90 Å². The van der Waals surface area contributed by atoms with Crippen LogP contribution in [0.1, 0.15) is 40.2 Å². The Morgan fingerprint density at radius 1 is 1.00 bits per heavy atom. The molecule has 0 unspecified atom stereocenters. The van der Waals surface area contributed by atoms with Crippen LogP contribution in [0.4, 0.5) is 5.82 Å². The summed E-state index contributed by atoms with van der Waals surface area (Å²) in [6.07, 6.45) is 6.14. The largest absolute Gasteiger partial charge is 0.356 e. The molecule has 5 rings (SSSR count). The van der Waals surface area contributed by atoms with Gasteiger partial charge in [-0.2, -0.15) is 0 Å². The minimum Gasteiger partial charge on any atom is -0.356 e. The smallest absolute Gasteiger partial charge is 0.264 e. The van der Waals surface area contributed by atoms with E-state index in [1.807, 2.05) is 40.6 Å². The van der Waals surface area contributed by atoms with Crippen molar-refractivity contribution < 1.29 is 4.79 Å². The maximum absolute atomic E-state index is 12.9. The van der Waals surface area contributed by atoms with E-state index < -0.39 is 0 Å².